The lowest BCUT2D eigenvalue weighted by Gasteiger charge is -2.18. The van der Waals surface area contributed by atoms with Gasteiger partial charge in [-0.1, -0.05) is 27.7 Å². The van der Waals surface area contributed by atoms with E-state index in [0.717, 1.165) is 50.2 Å². The molecule has 0 spiro atoms. The topological polar surface area (TPSA) is 50.7 Å². The van der Waals surface area contributed by atoms with E-state index in [1.165, 1.54) is 0 Å². The molecule has 0 atom stereocenters. The van der Waals surface area contributed by atoms with Crippen LogP contribution in [0.4, 0.5) is 0 Å². The molecular formula is C21H34N4O2. The van der Waals surface area contributed by atoms with Gasteiger partial charge in [-0.15, -0.1) is 0 Å². The Kier molecular flexibility index (Phi) is 8.75. The lowest BCUT2D eigenvalue weighted by atomic mass is 10.2. The largest absolute Gasteiger partial charge is 0.476 e. The van der Waals surface area contributed by atoms with Crippen molar-refractivity contribution in [1.29, 1.82) is 0 Å². The fourth-order valence-electron chi connectivity index (χ4n) is 3.02. The monoisotopic (exact) mass is 374 g/mol. The summed E-state index contributed by atoms with van der Waals surface area (Å²) in [5.74, 6) is 1.24. The molecule has 2 aromatic heterocycles. The van der Waals surface area contributed by atoms with Crippen molar-refractivity contribution in [2.24, 2.45) is 0 Å². The molecule has 0 unspecified atom stereocenters. The summed E-state index contributed by atoms with van der Waals surface area (Å²) in [7, 11) is 0. The molecule has 0 fully saturated rings. The zero-order valence-electron chi connectivity index (χ0n) is 17.5. The van der Waals surface area contributed by atoms with Crippen molar-refractivity contribution in [3.05, 3.63) is 23.8 Å². The summed E-state index contributed by atoms with van der Waals surface area (Å²) in [5.41, 5.74) is 1.79. The highest BCUT2D eigenvalue weighted by atomic mass is 16.5. The minimum absolute atomic E-state index is 0.613. The van der Waals surface area contributed by atoms with Crippen LogP contribution in [0.1, 0.15) is 33.3 Å². The van der Waals surface area contributed by atoms with Crippen molar-refractivity contribution >= 4 is 11.0 Å². The lowest BCUT2D eigenvalue weighted by Crippen LogP contribution is -2.28. The number of nitrogens with zero attached hydrogens (tertiary/aromatic N) is 4. The van der Waals surface area contributed by atoms with Gasteiger partial charge in [0.05, 0.1) is 0 Å². The van der Waals surface area contributed by atoms with Gasteiger partial charge in [0.15, 0.2) is 5.65 Å². The van der Waals surface area contributed by atoms with Crippen LogP contribution in [-0.2, 0) is 0 Å². The fourth-order valence-corrected chi connectivity index (χ4v) is 3.02. The van der Waals surface area contributed by atoms with Crippen LogP contribution in [0.3, 0.4) is 0 Å². The summed E-state index contributed by atoms with van der Waals surface area (Å²) in [6.07, 6.45) is 0. The van der Waals surface area contributed by atoms with Gasteiger partial charge >= 0.3 is 0 Å². The molecule has 0 saturated carbocycles. The molecule has 150 valence electrons. The lowest BCUT2D eigenvalue weighted by molar-refractivity contribution is 0.217. The summed E-state index contributed by atoms with van der Waals surface area (Å²) in [6, 6.07) is 5.92. The zero-order chi connectivity index (χ0) is 19.6. The van der Waals surface area contributed by atoms with E-state index in [9.17, 15) is 0 Å². The minimum Gasteiger partial charge on any atom is -0.476 e. The molecule has 0 amide bonds. The molecule has 2 rings (SSSR count). The molecule has 0 aliphatic carbocycles. The van der Waals surface area contributed by atoms with Crippen molar-refractivity contribution in [1.82, 2.24) is 19.8 Å². The molecule has 2 heterocycles. The third-order valence-electron chi connectivity index (χ3n) is 4.93. The predicted octanol–water partition coefficient (Wildman–Crippen LogP) is 3.38. The molecule has 0 aliphatic heterocycles. The highest BCUT2D eigenvalue weighted by molar-refractivity contribution is 5.79. The minimum atomic E-state index is 0.613. The predicted molar refractivity (Wildman–Crippen MR) is 111 cm³/mol. The van der Waals surface area contributed by atoms with Gasteiger partial charge in [0.25, 0.3) is 0 Å². The average molecular weight is 375 g/mol. The Bertz CT molecular complexity index is 695. The first kappa shape index (κ1) is 21.4. The van der Waals surface area contributed by atoms with Crippen LogP contribution in [0.2, 0.25) is 0 Å². The zero-order valence-corrected chi connectivity index (χ0v) is 17.5. The Morgan fingerprint density at radius 1 is 0.778 bits per heavy atom. The third kappa shape index (κ3) is 6.33. The van der Waals surface area contributed by atoms with Crippen LogP contribution >= 0.6 is 0 Å². The molecule has 0 aromatic carbocycles. The molecule has 0 aliphatic rings. The number of aromatic nitrogens is 2. The maximum absolute atomic E-state index is 5.87. The number of aryl methyl sites for hydroxylation is 1. The first-order valence-electron chi connectivity index (χ1n) is 10.1. The van der Waals surface area contributed by atoms with E-state index in [-0.39, 0.29) is 0 Å². The molecule has 0 radical (unpaired) electrons. The molecular weight excluding hydrogens is 340 g/mol. The SMILES string of the molecule is CCN(CC)CCOc1ccc2c(C)cc(OCCN(CC)CC)nc2n1. The summed E-state index contributed by atoms with van der Waals surface area (Å²) >= 11 is 0. The van der Waals surface area contributed by atoms with Gasteiger partial charge in [0.1, 0.15) is 13.2 Å². The van der Waals surface area contributed by atoms with Crippen LogP contribution in [0.5, 0.6) is 11.8 Å². The summed E-state index contributed by atoms with van der Waals surface area (Å²) in [4.78, 5) is 13.8. The number of likely N-dealkylation sites (N-methyl/N-ethyl adjacent to an activating group) is 2. The molecule has 0 bridgehead atoms. The second kappa shape index (κ2) is 11.0. The number of fused-ring (bicyclic) bond motifs is 1. The van der Waals surface area contributed by atoms with Crippen molar-refractivity contribution < 1.29 is 9.47 Å². The van der Waals surface area contributed by atoms with Crippen molar-refractivity contribution in [2.45, 2.75) is 34.6 Å². The maximum Gasteiger partial charge on any atom is 0.215 e. The first-order valence-corrected chi connectivity index (χ1v) is 10.1. The summed E-state index contributed by atoms with van der Waals surface area (Å²) in [6.45, 7) is 17.9. The van der Waals surface area contributed by atoms with E-state index in [0.29, 0.717) is 30.6 Å². The molecule has 0 saturated heterocycles. The van der Waals surface area contributed by atoms with Crippen LogP contribution in [-0.4, -0.2) is 72.3 Å². The van der Waals surface area contributed by atoms with Crippen LogP contribution in [0.25, 0.3) is 11.0 Å². The van der Waals surface area contributed by atoms with Gasteiger partial charge in [-0.2, -0.15) is 9.97 Å². The Labute approximate surface area is 163 Å². The van der Waals surface area contributed by atoms with Gasteiger partial charge < -0.3 is 19.3 Å². The fraction of sp³-hybridized carbons (Fsp3) is 0.619. The number of rotatable bonds is 12. The quantitative estimate of drug-likeness (QED) is 0.568. The van der Waals surface area contributed by atoms with Crippen LogP contribution < -0.4 is 9.47 Å². The molecule has 27 heavy (non-hydrogen) atoms. The average Bonchev–Trinajstić information content (AvgIpc) is 2.68. The highest BCUT2D eigenvalue weighted by Crippen LogP contribution is 2.22. The first-order chi connectivity index (χ1) is 13.1. The molecule has 0 N–H and O–H groups in total. The summed E-state index contributed by atoms with van der Waals surface area (Å²) < 4.78 is 11.7. The molecule has 2 aromatic rings. The molecule has 6 heteroatoms. The van der Waals surface area contributed by atoms with Gasteiger partial charge in [-0.3, -0.25) is 0 Å². The normalized spacial score (nSPS) is 11.5. The van der Waals surface area contributed by atoms with Crippen molar-refractivity contribution in [3.8, 4) is 11.8 Å². The van der Waals surface area contributed by atoms with Crippen LogP contribution in [0, 0.1) is 6.92 Å². The van der Waals surface area contributed by atoms with Gasteiger partial charge in [-0.25, -0.2) is 0 Å². The third-order valence-corrected chi connectivity index (χ3v) is 4.93. The van der Waals surface area contributed by atoms with Crippen LogP contribution in [0.15, 0.2) is 18.2 Å². The smallest absolute Gasteiger partial charge is 0.215 e. The maximum atomic E-state index is 5.87. The number of hydrogen-bond donors (Lipinski definition) is 0. The van der Waals surface area contributed by atoms with E-state index in [1.807, 2.05) is 18.2 Å². The number of ether oxygens (including phenoxy) is 2. The number of hydrogen-bond acceptors (Lipinski definition) is 6. The van der Waals surface area contributed by atoms with E-state index in [1.54, 1.807) is 0 Å². The Morgan fingerprint density at radius 2 is 1.30 bits per heavy atom. The van der Waals surface area contributed by atoms with Crippen molar-refractivity contribution in [2.75, 3.05) is 52.5 Å². The highest BCUT2D eigenvalue weighted by Gasteiger charge is 2.08. The Hall–Kier alpha value is -1.92. The van der Waals surface area contributed by atoms with Crippen molar-refractivity contribution in [3.63, 3.8) is 0 Å². The summed E-state index contributed by atoms with van der Waals surface area (Å²) in [5, 5.41) is 1.03. The molecule has 6 nitrogen and oxygen atoms in total. The van der Waals surface area contributed by atoms with E-state index in [2.05, 4.69) is 54.4 Å². The Morgan fingerprint density at radius 3 is 1.85 bits per heavy atom. The van der Waals surface area contributed by atoms with E-state index < -0.39 is 0 Å². The second-order valence-corrected chi connectivity index (χ2v) is 6.55. The van der Waals surface area contributed by atoms with Gasteiger partial charge in [0.2, 0.25) is 11.8 Å². The van der Waals surface area contributed by atoms with Gasteiger partial charge in [-0.05, 0) is 44.7 Å². The Balaban J connectivity index is 2.02. The van der Waals surface area contributed by atoms with E-state index in [4.69, 9.17) is 9.47 Å². The standard InChI is InChI=1S/C21H34N4O2/c1-6-24(7-2)12-14-26-19-11-10-18-17(5)16-20(23-21(18)22-19)27-15-13-25(8-3)9-4/h10-11,16H,6-9,12-15H2,1-5H3. The van der Waals surface area contributed by atoms with Gasteiger partial charge in [0, 0.05) is 30.6 Å². The second-order valence-electron chi connectivity index (χ2n) is 6.55. The number of pyridine rings is 2. The van der Waals surface area contributed by atoms with E-state index >= 15 is 0 Å².